The Balaban J connectivity index is 2.01. The number of thioether (sulfide) groups is 1. The van der Waals surface area contributed by atoms with E-state index in [2.05, 4.69) is 5.32 Å². The van der Waals surface area contributed by atoms with Crippen molar-refractivity contribution >= 4 is 23.6 Å². The van der Waals surface area contributed by atoms with E-state index in [1.165, 1.54) is 24.3 Å². The van der Waals surface area contributed by atoms with Gasteiger partial charge < -0.3 is 16.0 Å². The van der Waals surface area contributed by atoms with E-state index >= 15 is 0 Å². The van der Waals surface area contributed by atoms with Gasteiger partial charge in [-0.1, -0.05) is 0 Å². The van der Waals surface area contributed by atoms with Gasteiger partial charge >= 0.3 is 0 Å². The van der Waals surface area contributed by atoms with E-state index in [-0.39, 0.29) is 11.8 Å². The predicted octanol–water partition coefficient (Wildman–Crippen LogP) is 1.24. The van der Waals surface area contributed by atoms with Crippen LogP contribution in [0.2, 0.25) is 0 Å². The molecular weight excluding hydrogens is 317 g/mol. The van der Waals surface area contributed by atoms with E-state index < -0.39 is 11.9 Å². The molecule has 1 fully saturated rings. The number of nitrogens with zero attached hydrogens (tertiary/aromatic N) is 1. The highest BCUT2D eigenvalue weighted by molar-refractivity contribution is 7.99. The summed E-state index contributed by atoms with van der Waals surface area (Å²) in [6.07, 6.45) is 2.00. The van der Waals surface area contributed by atoms with Crippen molar-refractivity contribution in [2.75, 3.05) is 31.1 Å². The first-order valence-corrected chi connectivity index (χ1v) is 8.90. The van der Waals surface area contributed by atoms with Crippen LogP contribution in [-0.4, -0.2) is 53.9 Å². The van der Waals surface area contributed by atoms with Crippen LogP contribution in [0.15, 0.2) is 24.3 Å². The molecule has 3 N–H and O–H groups in total. The van der Waals surface area contributed by atoms with Crippen LogP contribution >= 0.6 is 11.8 Å². The van der Waals surface area contributed by atoms with Crippen molar-refractivity contribution in [3.05, 3.63) is 35.6 Å². The van der Waals surface area contributed by atoms with Gasteiger partial charge in [0.1, 0.15) is 11.9 Å². The minimum absolute atomic E-state index is 0.0533. The lowest BCUT2D eigenvalue weighted by Gasteiger charge is -2.24. The smallest absolute Gasteiger partial charge is 0.251 e. The van der Waals surface area contributed by atoms with Gasteiger partial charge in [0, 0.05) is 36.7 Å². The molecule has 126 valence electrons. The number of likely N-dealkylation sites (tertiary alicyclic amines) is 1. The second-order valence-electron chi connectivity index (χ2n) is 5.43. The third-order valence-corrected chi connectivity index (χ3v) is 4.77. The van der Waals surface area contributed by atoms with Gasteiger partial charge in [-0.05, 0) is 37.1 Å². The van der Waals surface area contributed by atoms with Crippen molar-refractivity contribution in [1.82, 2.24) is 10.2 Å². The Morgan fingerprint density at radius 2 is 1.91 bits per heavy atom. The van der Waals surface area contributed by atoms with Crippen LogP contribution in [0.5, 0.6) is 0 Å². The van der Waals surface area contributed by atoms with E-state index in [1.807, 2.05) is 0 Å². The van der Waals surface area contributed by atoms with Crippen molar-refractivity contribution in [3.63, 3.8) is 0 Å². The van der Waals surface area contributed by atoms with Gasteiger partial charge in [0.15, 0.2) is 0 Å². The quantitative estimate of drug-likeness (QED) is 0.733. The molecule has 0 saturated carbocycles. The van der Waals surface area contributed by atoms with Gasteiger partial charge in [-0.15, -0.1) is 0 Å². The molecule has 0 radical (unpaired) electrons. The fourth-order valence-electron chi connectivity index (χ4n) is 2.46. The molecule has 2 amide bonds. The molecule has 0 unspecified atom stereocenters. The molecule has 23 heavy (non-hydrogen) atoms. The lowest BCUT2D eigenvalue weighted by atomic mass is 10.2. The van der Waals surface area contributed by atoms with Crippen molar-refractivity contribution in [2.45, 2.75) is 18.9 Å². The Morgan fingerprint density at radius 1 is 1.26 bits per heavy atom. The maximum Gasteiger partial charge on any atom is 0.251 e. The topological polar surface area (TPSA) is 75.4 Å². The van der Waals surface area contributed by atoms with Crippen LogP contribution in [0, 0.1) is 5.82 Å². The SMILES string of the molecule is NCCSC[C@H](NC(=O)c1ccc(F)cc1)C(=O)N1CCCC1. The van der Waals surface area contributed by atoms with E-state index in [0.29, 0.717) is 17.9 Å². The number of carbonyl (C=O) groups is 2. The van der Waals surface area contributed by atoms with E-state index in [4.69, 9.17) is 5.73 Å². The van der Waals surface area contributed by atoms with Gasteiger partial charge in [-0.25, -0.2) is 4.39 Å². The molecule has 0 aromatic heterocycles. The van der Waals surface area contributed by atoms with E-state index in [9.17, 15) is 14.0 Å². The fourth-order valence-corrected chi connectivity index (χ4v) is 3.25. The van der Waals surface area contributed by atoms with Gasteiger partial charge in [-0.3, -0.25) is 9.59 Å². The van der Waals surface area contributed by atoms with Crippen molar-refractivity contribution in [3.8, 4) is 0 Å². The van der Waals surface area contributed by atoms with Crippen molar-refractivity contribution < 1.29 is 14.0 Å². The maximum absolute atomic E-state index is 12.9. The van der Waals surface area contributed by atoms with Crippen molar-refractivity contribution in [2.24, 2.45) is 5.73 Å². The summed E-state index contributed by atoms with van der Waals surface area (Å²) in [5.74, 6) is 0.401. The van der Waals surface area contributed by atoms with Crippen LogP contribution in [0.4, 0.5) is 4.39 Å². The molecule has 1 aromatic rings. The summed E-state index contributed by atoms with van der Waals surface area (Å²) in [5, 5.41) is 2.77. The Kier molecular flexibility index (Phi) is 6.85. The van der Waals surface area contributed by atoms with Gasteiger partial charge in [0.2, 0.25) is 5.91 Å². The first-order valence-electron chi connectivity index (χ1n) is 7.75. The lowest BCUT2D eigenvalue weighted by molar-refractivity contribution is -0.131. The van der Waals surface area contributed by atoms with Crippen molar-refractivity contribution in [1.29, 1.82) is 0 Å². The molecule has 1 aliphatic rings. The number of hydrogen-bond acceptors (Lipinski definition) is 4. The standard InChI is InChI=1S/C16H22FN3O2S/c17-13-5-3-12(4-6-13)15(21)19-14(11-23-10-7-18)16(22)20-8-1-2-9-20/h3-6,14H,1-2,7-11,18H2,(H,19,21)/t14-/m0/s1. The largest absolute Gasteiger partial charge is 0.341 e. The summed E-state index contributed by atoms with van der Waals surface area (Å²) in [6.45, 7) is 2.01. The molecule has 1 aromatic carbocycles. The van der Waals surface area contributed by atoms with Gasteiger partial charge in [-0.2, -0.15) is 11.8 Å². The summed E-state index contributed by atoms with van der Waals surface area (Å²) in [7, 11) is 0. The van der Waals surface area contributed by atoms with E-state index in [1.54, 1.807) is 16.7 Å². The van der Waals surface area contributed by atoms with Crippen LogP contribution < -0.4 is 11.1 Å². The van der Waals surface area contributed by atoms with Gasteiger partial charge in [0.25, 0.3) is 5.91 Å². The highest BCUT2D eigenvalue weighted by Crippen LogP contribution is 2.13. The fraction of sp³-hybridized carbons (Fsp3) is 0.500. The minimum atomic E-state index is -0.581. The molecule has 1 heterocycles. The molecule has 1 aliphatic heterocycles. The zero-order chi connectivity index (χ0) is 16.7. The summed E-state index contributed by atoms with van der Waals surface area (Å²) in [5.41, 5.74) is 5.82. The van der Waals surface area contributed by atoms with E-state index in [0.717, 1.165) is 31.7 Å². The third kappa shape index (κ3) is 5.21. The zero-order valence-electron chi connectivity index (χ0n) is 13.0. The number of hydrogen-bond donors (Lipinski definition) is 2. The second kappa shape index (κ2) is 8.88. The number of halogens is 1. The second-order valence-corrected chi connectivity index (χ2v) is 6.58. The number of amides is 2. The molecule has 1 atom stereocenters. The zero-order valence-corrected chi connectivity index (χ0v) is 13.8. The molecule has 0 spiro atoms. The molecule has 2 rings (SSSR count). The van der Waals surface area contributed by atoms with Crippen LogP contribution in [-0.2, 0) is 4.79 Å². The minimum Gasteiger partial charge on any atom is -0.341 e. The van der Waals surface area contributed by atoms with Crippen LogP contribution in [0.3, 0.4) is 0 Å². The summed E-state index contributed by atoms with van der Waals surface area (Å²) in [6, 6.07) is 4.71. The van der Waals surface area contributed by atoms with Gasteiger partial charge in [0.05, 0.1) is 0 Å². The molecule has 0 aliphatic carbocycles. The molecule has 5 nitrogen and oxygen atoms in total. The highest BCUT2D eigenvalue weighted by Gasteiger charge is 2.27. The Hall–Kier alpha value is -1.60. The lowest BCUT2D eigenvalue weighted by Crippen LogP contribution is -2.49. The Morgan fingerprint density at radius 3 is 2.52 bits per heavy atom. The summed E-state index contributed by atoms with van der Waals surface area (Å²) in [4.78, 5) is 26.6. The first-order chi connectivity index (χ1) is 11.1. The number of carbonyl (C=O) groups excluding carboxylic acids is 2. The number of nitrogens with one attached hydrogen (secondary N) is 1. The summed E-state index contributed by atoms with van der Waals surface area (Å²) < 4.78 is 12.9. The molecule has 7 heteroatoms. The molecular formula is C16H22FN3O2S. The van der Waals surface area contributed by atoms with Crippen LogP contribution in [0.25, 0.3) is 0 Å². The maximum atomic E-state index is 12.9. The van der Waals surface area contributed by atoms with Crippen LogP contribution in [0.1, 0.15) is 23.2 Å². The Labute approximate surface area is 139 Å². The number of benzene rings is 1. The predicted molar refractivity (Wildman–Crippen MR) is 89.8 cm³/mol. The number of nitrogens with two attached hydrogens (primary N) is 1. The monoisotopic (exact) mass is 339 g/mol. The molecule has 0 bridgehead atoms. The summed E-state index contributed by atoms with van der Waals surface area (Å²) >= 11 is 1.54. The highest BCUT2D eigenvalue weighted by atomic mass is 32.2. The average Bonchev–Trinajstić information content (AvgIpc) is 3.08. The third-order valence-electron chi connectivity index (χ3n) is 3.67. The average molecular weight is 339 g/mol. The molecule has 1 saturated heterocycles. The Bertz CT molecular complexity index is 533. The first kappa shape index (κ1) is 17.7. The number of rotatable bonds is 7. The normalized spacial score (nSPS) is 15.5.